The van der Waals surface area contributed by atoms with Crippen LogP contribution in [0.4, 0.5) is 5.69 Å². The number of benzene rings is 1. The Morgan fingerprint density at radius 3 is 2.41 bits per heavy atom. The van der Waals surface area contributed by atoms with E-state index in [1.165, 1.54) is 11.9 Å². The van der Waals surface area contributed by atoms with Gasteiger partial charge in [0.25, 0.3) is 0 Å². The molecule has 1 aromatic rings. The number of rotatable bonds is 5. The summed E-state index contributed by atoms with van der Waals surface area (Å²) in [6.45, 7) is 3.67. The first-order valence-corrected chi connectivity index (χ1v) is 6.81. The minimum Gasteiger partial charge on any atom is -0.259 e. The monoisotopic (exact) mass is 256 g/mol. The van der Waals surface area contributed by atoms with Crippen LogP contribution in [0.2, 0.25) is 0 Å². The molecule has 0 fully saturated rings. The molecule has 0 aromatic heterocycles. The second kappa shape index (κ2) is 5.74. The standard InChI is InChI=1S/C10H16N4O2S/c1-3-14(9(2)17(11,15)16)13-12-10-7-5-4-6-8-10/h4-9H,3H2,1-2H3,(H2,11,15,16). The molecular weight excluding hydrogens is 240 g/mol. The molecule has 0 bridgehead atoms. The summed E-state index contributed by atoms with van der Waals surface area (Å²) >= 11 is 0. The van der Waals surface area contributed by atoms with Crippen molar-refractivity contribution in [3.05, 3.63) is 30.3 Å². The van der Waals surface area contributed by atoms with E-state index in [0.29, 0.717) is 12.2 Å². The second-order valence-corrected chi connectivity index (χ2v) is 5.33. The summed E-state index contributed by atoms with van der Waals surface area (Å²) in [5, 5.41) is 13.3. The molecule has 7 heteroatoms. The molecule has 1 rings (SSSR count). The average Bonchev–Trinajstić information content (AvgIpc) is 2.30. The van der Waals surface area contributed by atoms with Crippen molar-refractivity contribution in [2.45, 2.75) is 19.2 Å². The van der Waals surface area contributed by atoms with Crippen LogP contribution in [-0.4, -0.2) is 25.3 Å². The van der Waals surface area contributed by atoms with Gasteiger partial charge < -0.3 is 0 Å². The fraction of sp³-hybridized carbons (Fsp3) is 0.400. The summed E-state index contributed by atoms with van der Waals surface area (Å²) in [6.07, 6.45) is 0. The van der Waals surface area contributed by atoms with Gasteiger partial charge in [-0.1, -0.05) is 23.4 Å². The van der Waals surface area contributed by atoms with E-state index in [2.05, 4.69) is 10.3 Å². The summed E-state index contributed by atoms with van der Waals surface area (Å²) in [6, 6.07) is 9.07. The van der Waals surface area contributed by atoms with E-state index in [9.17, 15) is 8.42 Å². The van der Waals surface area contributed by atoms with Crippen molar-refractivity contribution in [3.8, 4) is 0 Å². The minimum atomic E-state index is -3.65. The van der Waals surface area contributed by atoms with Gasteiger partial charge in [0.2, 0.25) is 10.0 Å². The molecule has 0 heterocycles. The molecule has 0 radical (unpaired) electrons. The third-order valence-electron chi connectivity index (χ3n) is 2.25. The van der Waals surface area contributed by atoms with Crippen LogP contribution in [0, 0.1) is 0 Å². The Balaban J connectivity index is 2.81. The smallest absolute Gasteiger partial charge is 0.231 e. The zero-order valence-corrected chi connectivity index (χ0v) is 10.6. The molecule has 94 valence electrons. The normalized spacial score (nSPS) is 13.8. The summed E-state index contributed by atoms with van der Waals surface area (Å²) < 4.78 is 22.4. The predicted octanol–water partition coefficient (Wildman–Crippen LogP) is 1.64. The molecule has 1 atom stereocenters. The summed E-state index contributed by atoms with van der Waals surface area (Å²) in [5.74, 6) is 0. The molecule has 2 N–H and O–H groups in total. The van der Waals surface area contributed by atoms with Crippen molar-refractivity contribution in [2.24, 2.45) is 15.5 Å². The first-order chi connectivity index (χ1) is 7.95. The molecule has 0 aliphatic rings. The van der Waals surface area contributed by atoms with Crippen LogP contribution in [0.5, 0.6) is 0 Å². The second-order valence-electron chi connectivity index (χ2n) is 3.47. The lowest BCUT2D eigenvalue weighted by atomic mass is 10.3. The molecule has 1 aromatic carbocycles. The van der Waals surface area contributed by atoms with Gasteiger partial charge in [0.1, 0.15) is 0 Å². The van der Waals surface area contributed by atoms with Gasteiger partial charge in [-0.25, -0.2) is 13.6 Å². The largest absolute Gasteiger partial charge is 0.259 e. The van der Waals surface area contributed by atoms with E-state index < -0.39 is 15.4 Å². The zero-order valence-electron chi connectivity index (χ0n) is 9.81. The van der Waals surface area contributed by atoms with Crippen LogP contribution in [0.3, 0.4) is 0 Å². The Hall–Kier alpha value is -1.47. The van der Waals surface area contributed by atoms with Crippen LogP contribution in [0.15, 0.2) is 40.7 Å². The van der Waals surface area contributed by atoms with E-state index in [1.807, 2.05) is 18.2 Å². The number of nitrogens with zero attached hydrogens (tertiary/aromatic N) is 3. The van der Waals surface area contributed by atoms with Crippen LogP contribution in [-0.2, 0) is 10.0 Å². The van der Waals surface area contributed by atoms with Gasteiger partial charge in [0, 0.05) is 6.54 Å². The molecule has 17 heavy (non-hydrogen) atoms. The highest BCUT2D eigenvalue weighted by Crippen LogP contribution is 2.13. The Morgan fingerprint density at radius 2 is 1.94 bits per heavy atom. The highest BCUT2D eigenvalue weighted by atomic mass is 32.2. The Morgan fingerprint density at radius 1 is 1.35 bits per heavy atom. The Labute approximate surface area is 101 Å². The van der Waals surface area contributed by atoms with Crippen molar-refractivity contribution in [2.75, 3.05) is 6.54 Å². The van der Waals surface area contributed by atoms with Gasteiger partial charge in [0.05, 0.1) is 5.69 Å². The molecule has 0 spiro atoms. The van der Waals surface area contributed by atoms with E-state index in [-0.39, 0.29) is 0 Å². The first-order valence-electron chi connectivity index (χ1n) is 5.20. The summed E-state index contributed by atoms with van der Waals surface area (Å²) in [4.78, 5) is 0. The minimum absolute atomic E-state index is 0.411. The van der Waals surface area contributed by atoms with E-state index >= 15 is 0 Å². The number of hydrogen-bond acceptors (Lipinski definition) is 4. The lowest BCUT2D eigenvalue weighted by molar-refractivity contribution is 0.267. The third-order valence-corrected chi connectivity index (χ3v) is 3.44. The highest BCUT2D eigenvalue weighted by Gasteiger charge is 2.21. The van der Waals surface area contributed by atoms with Crippen molar-refractivity contribution < 1.29 is 8.42 Å². The van der Waals surface area contributed by atoms with Gasteiger partial charge in [0.15, 0.2) is 5.37 Å². The van der Waals surface area contributed by atoms with Crippen molar-refractivity contribution in [1.82, 2.24) is 5.01 Å². The molecule has 0 aliphatic carbocycles. The number of sulfonamides is 1. The van der Waals surface area contributed by atoms with Crippen molar-refractivity contribution in [1.29, 1.82) is 0 Å². The fourth-order valence-electron chi connectivity index (χ4n) is 1.17. The van der Waals surface area contributed by atoms with Crippen molar-refractivity contribution in [3.63, 3.8) is 0 Å². The van der Waals surface area contributed by atoms with Crippen LogP contribution in [0.25, 0.3) is 0 Å². The summed E-state index contributed by atoms with van der Waals surface area (Å²) in [5.41, 5.74) is 0.660. The third kappa shape index (κ3) is 4.12. The van der Waals surface area contributed by atoms with Gasteiger partial charge in [-0.2, -0.15) is 0 Å². The lowest BCUT2D eigenvalue weighted by Gasteiger charge is -2.21. The zero-order chi connectivity index (χ0) is 12.9. The van der Waals surface area contributed by atoms with E-state index in [0.717, 1.165) is 0 Å². The molecule has 0 saturated carbocycles. The number of nitrogens with two attached hydrogens (primary N) is 1. The van der Waals surface area contributed by atoms with Gasteiger partial charge >= 0.3 is 0 Å². The quantitative estimate of drug-likeness (QED) is 0.641. The van der Waals surface area contributed by atoms with E-state index in [1.54, 1.807) is 19.1 Å². The molecular formula is C10H16N4O2S. The fourth-order valence-corrected chi connectivity index (χ4v) is 1.70. The molecule has 0 saturated heterocycles. The van der Waals surface area contributed by atoms with Gasteiger partial charge in [-0.05, 0) is 26.0 Å². The van der Waals surface area contributed by atoms with Gasteiger partial charge in [-0.15, -0.1) is 5.11 Å². The maximum Gasteiger partial charge on any atom is 0.231 e. The lowest BCUT2D eigenvalue weighted by Crippen LogP contribution is -2.38. The van der Waals surface area contributed by atoms with Crippen LogP contribution in [0.1, 0.15) is 13.8 Å². The maximum atomic E-state index is 11.2. The summed E-state index contributed by atoms with van der Waals surface area (Å²) in [7, 11) is -3.65. The topological polar surface area (TPSA) is 88.1 Å². The predicted molar refractivity (Wildman–Crippen MR) is 65.9 cm³/mol. The van der Waals surface area contributed by atoms with Crippen molar-refractivity contribution >= 4 is 15.7 Å². The molecule has 6 nitrogen and oxygen atoms in total. The Bertz CT molecular complexity index is 472. The number of primary sulfonamides is 1. The van der Waals surface area contributed by atoms with Crippen LogP contribution >= 0.6 is 0 Å². The Kier molecular flexibility index (Phi) is 4.59. The number of hydrogen-bond donors (Lipinski definition) is 1. The molecule has 0 aliphatic heterocycles. The highest BCUT2D eigenvalue weighted by molar-refractivity contribution is 7.89. The maximum absolute atomic E-state index is 11.2. The molecule has 1 unspecified atom stereocenters. The van der Waals surface area contributed by atoms with Gasteiger partial charge in [-0.3, -0.25) is 5.01 Å². The first kappa shape index (κ1) is 13.6. The average molecular weight is 256 g/mol. The van der Waals surface area contributed by atoms with E-state index in [4.69, 9.17) is 5.14 Å². The SMILES string of the molecule is CCN(N=Nc1ccccc1)C(C)S(N)(=O)=O. The van der Waals surface area contributed by atoms with Crippen LogP contribution < -0.4 is 5.14 Å². The molecule has 0 amide bonds.